The lowest BCUT2D eigenvalue weighted by Crippen LogP contribution is -2.19. The Labute approximate surface area is 179 Å². The van der Waals surface area contributed by atoms with E-state index >= 15 is 0 Å². The van der Waals surface area contributed by atoms with Crippen LogP contribution in [-0.4, -0.2) is 27.6 Å². The molecule has 0 aliphatic rings. The van der Waals surface area contributed by atoms with E-state index in [2.05, 4.69) is 41.5 Å². The summed E-state index contributed by atoms with van der Waals surface area (Å²) in [7, 11) is 1.61. The van der Waals surface area contributed by atoms with E-state index in [1.165, 1.54) is 11.1 Å². The number of aromatic nitrogens is 3. The molecule has 0 saturated heterocycles. The number of rotatable bonds is 7. The lowest BCUT2D eigenvalue weighted by molar-refractivity contribution is -0.116. The topological polar surface area (TPSA) is 69.0 Å². The van der Waals surface area contributed by atoms with Crippen molar-refractivity contribution >= 4 is 34.5 Å². The molecule has 0 unspecified atom stereocenters. The molecule has 2 aromatic carbocycles. The maximum absolute atomic E-state index is 12.7. The van der Waals surface area contributed by atoms with E-state index in [1.807, 2.05) is 41.0 Å². The Morgan fingerprint density at radius 3 is 2.60 bits per heavy atom. The molecule has 0 fully saturated rings. The number of hydrogen-bond acceptors (Lipinski definition) is 5. The maximum atomic E-state index is 12.7. The van der Waals surface area contributed by atoms with Gasteiger partial charge in [-0.05, 0) is 48.9 Å². The second kappa shape index (κ2) is 9.00. The summed E-state index contributed by atoms with van der Waals surface area (Å²) in [6, 6.07) is 19.4. The van der Waals surface area contributed by atoms with Gasteiger partial charge in [0.05, 0.1) is 7.11 Å². The number of pyridine rings is 1. The molecule has 0 aliphatic heterocycles. The lowest BCUT2D eigenvalue weighted by Gasteiger charge is -2.10. The SMILES string of the molecule is COc1ccc(NC(=O)Cn2c(SCc3ccc(C)cc3)nc3cccnc32)cc1. The monoisotopic (exact) mass is 418 g/mol. The van der Waals surface area contributed by atoms with Gasteiger partial charge in [-0.3, -0.25) is 9.36 Å². The van der Waals surface area contributed by atoms with Gasteiger partial charge in [0.1, 0.15) is 17.8 Å². The van der Waals surface area contributed by atoms with Crippen LogP contribution in [0.2, 0.25) is 0 Å². The zero-order chi connectivity index (χ0) is 20.9. The van der Waals surface area contributed by atoms with E-state index in [0.717, 1.165) is 22.2 Å². The van der Waals surface area contributed by atoms with Gasteiger partial charge in [-0.1, -0.05) is 41.6 Å². The van der Waals surface area contributed by atoms with Gasteiger partial charge >= 0.3 is 0 Å². The number of fused-ring (bicyclic) bond motifs is 1. The van der Waals surface area contributed by atoms with E-state index in [0.29, 0.717) is 11.3 Å². The van der Waals surface area contributed by atoms with E-state index in [4.69, 9.17) is 9.72 Å². The molecule has 30 heavy (non-hydrogen) atoms. The molecular weight excluding hydrogens is 396 g/mol. The van der Waals surface area contributed by atoms with Crippen molar-refractivity contribution < 1.29 is 9.53 Å². The van der Waals surface area contributed by atoms with Gasteiger partial charge in [-0.25, -0.2) is 9.97 Å². The zero-order valence-electron chi connectivity index (χ0n) is 16.8. The number of aryl methyl sites for hydroxylation is 1. The van der Waals surface area contributed by atoms with Crippen molar-refractivity contribution in [3.8, 4) is 5.75 Å². The molecule has 6 nitrogen and oxygen atoms in total. The summed E-state index contributed by atoms with van der Waals surface area (Å²) in [5, 5.41) is 3.70. The molecule has 4 aromatic rings. The molecule has 0 spiro atoms. The molecular formula is C23H22N4O2S. The average Bonchev–Trinajstić information content (AvgIpc) is 3.11. The van der Waals surface area contributed by atoms with Crippen LogP contribution in [0.5, 0.6) is 5.75 Å². The van der Waals surface area contributed by atoms with E-state index in [9.17, 15) is 4.79 Å². The summed E-state index contributed by atoms with van der Waals surface area (Å²) < 4.78 is 7.03. The molecule has 2 aromatic heterocycles. The van der Waals surface area contributed by atoms with Crippen molar-refractivity contribution in [1.29, 1.82) is 0 Å². The highest BCUT2D eigenvalue weighted by molar-refractivity contribution is 7.98. The van der Waals surface area contributed by atoms with Gasteiger partial charge < -0.3 is 10.1 Å². The first-order chi connectivity index (χ1) is 14.6. The Morgan fingerprint density at radius 2 is 1.87 bits per heavy atom. The number of methoxy groups -OCH3 is 1. The first-order valence-electron chi connectivity index (χ1n) is 9.56. The van der Waals surface area contributed by atoms with E-state index < -0.39 is 0 Å². The Morgan fingerprint density at radius 1 is 1.10 bits per heavy atom. The number of ether oxygens (including phenoxy) is 1. The first-order valence-corrected chi connectivity index (χ1v) is 10.5. The Bertz CT molecular complexity index is 1150. The standard InChI is InChI=1S/C23H22N4O2S/c1-16-5-7-17(8-6-16)15-30-23-26-20-4-3-13-24-22(20)27(23)14-21(28)25-18-9-11-19(29-2)12-10-18/h3-13H,14-15H2,1-2H3,(H,25,28). The second-order valence-electron chi connectivity index (χ2n) is 6.88. The van der Waals surface area contributed by atoms with Crippen LogP contribution in [0, 0.1) is 6.92 Å². The number of imidazole rings is 1. The lowest BCUT2D eigenvalue weighted by atomic mass is 10.2. The fourth-order valence-corrected chi connectivity index (χ4v) is 4.00. The third-order valence-electron chi connectivity index (χ3n) is 4.63. The first kappa shape index (κ1) is 20.0. The third-order valence-corrected chi connectivity index (χ3v) is 5.68. The number of amides is 1. The third kappa shape index (κ3) is 4.63. The van der Waals surface area contributed by atoms with Crippen LogP contribution in [0.25, 0.3) is 11.2 Å². The van der Waals surface area contributed by atoms with Crippen molar-refractivity contribution in [3.63, 3.8) is 0 Å². The quantitative estimate of drug-likeness (QED) is 0.441. The van der Waals surface area contributed by atoms with Crippen molar-refractivity contribution in [2.75, 3.05) is 12.4 Å². The Kier molecular flexibility index (Phi) is 5.99. The number of anilines is 1. The number of carbonyl (C=O) groups excluding carboxylic acids is 1. The smallest absolute Gasteiger partial charge is 0.244 e. The highest BCUT2D eigenvalue weighted by Crippen LogP contribution is 2.26. The molecule has 0 atom stereocenters. The van der Waals surface area contributed by atoms with Crippen molar-refractivity contribution in [1.82, 2.24) is 14.5 Å². The summed E-state index contributed by atoms with van der Waals surface area (Å²) in [5.41, 5.74) is 4.64. The molecule has 4 rings (SSSR count). The molecule has 1 amide bonds. The molecule has 7 heteroatoms. The second-order valence-corrected chi connectivity index (χ2v) is 7.82. The minimum Gasteiger partial charge on any atom is -0.497 e. The van der Waals surface area contributed by atoms with Crippen LogP contribution >= 0.6 is 11.8 Å². The highest BCUT2D eigenvalue weighted by Gasteiger charge is 2.15. The average molecular weight is 419 g/mol. The predicted octanol–water partition coefficient (Wildman–Crippen LogP) is 4.68. The van der Waals surface area contributed by atoms with Gasteiger partial charge in [0.25, 0.3) is 0 Å². The number of benzene rings is 2. The normalized spacial score (nSPS) is 10.9. The number of nitrogens with zero attached hydrogens (tertiary/aromatic N) is 3. The summed E-state index contributed by atoms with van der Waals surface area (Å²) in [6.07, 6.45) is 1.72. The van der Waals surface area contributed by atoms with Gasteiger partial charge in [0, 0.05) is 17.6 Å². The molecule has 1 N–H and O–H groups in total. The van der Waals surface area contributed by atoms with Crippen molar-refractivity contribution in [3.05, 3.63) is 78.0 Å². The molecule has 152 valence electrons. The molecule has 0 radical (unpaired) electrons. The van der Waals surface area contributed by atoms with E-state index in [1.54, 1.807) is 25.1 Å². The Balaban J connectivity index is 1.53. The van der Waals surface area contributed by atoms with Gasteiger partial charge in [0.15, 0.2) is 10.8 Å². The minimum absolute atomic E-state index is 0.135. The predicted molar refractivity (Wildman–Crippen MR) is 120 cm³/mol. The molecule has 0 bridgehead atoms. The van der Waals surface area contributed by atoms with Gasteiger partial charge in [-0.15, -0.1) is 0 Å². The zero-order valence-corrected chi connectivity index (χ0v) is 17.6. The number of carbonyl (C=O) groups is 1. The van der Waals surface area contributed by atoms with Crippen LogP contribution in [0.1, 0.15) is 11.1 Å². The summed E-state index contributed by atoms with van der Waals surface area (Å²) in [5.74, 6) is 1.37. The Hall–Kier alpha value is -3.32. The maximum Gasteiger partial charge on any atom is 0.244 e. The van der Waals surface area contributed by atoms with Gasteiger partial charge in [-0.2, -0.15) is 0 Å². The number of thioether (sulfide) groups is 1. The van der Waals surface area contributed by atoms with Crippen LogP contribution in [-0.2, 0) is 17.1 Å². The fraction of sp³-hybridized carbons (Fsp3) is 0.174. The molecule has 2 heterocycles. The van der Waals surface area contributed by atoms with Crippen molar-refractivity contribution in [2.24, 2.45) is 0 Å². The van der Waals surface area contributed by atoms with Crippen LogP contribution in [0.3, 0.4) is 0 Å². The summed E-state index contributed by atoms with van der Waals surface area (Å²) in [6.45, 7) is 2.21. The van der Waals surface area contributed by atoms with Crippen LogP contribution < -0.4 is 10.1 Å². The fourth-order valence-electron chi connectivity index (χ4n) is 3.04. The number of hydrogen-bond donors (Lipinski definition) is 1. The molecule has 0 aliphatic carbocycles. The number of nitrogens with one attached hydrogen (secondary N) is 1. The summed E-state index contributed by atoms with van der Waals surface area (Å²) >= 11 is 1.60. The van der Waals surface area contributed by atoms with Gasteiger partial charge in [0.2, 0.25) is 5.91 Å². The highest BCUT2D eigenvalue weighted by atomic mass is 32.2. The van der Waals surface area contributed by atoms with E-state index in [-0.39, 0.29) is 12.5 Å². The van der Waals surface area contributed by atoms with Crippen molar-refractivity contribution in [2.45, 2.75) is 24.4 Å². The molecule has 0 saturated carbocycles. The summed E-state index contributed by atoms with van der Waals surface area (Å²) in [4.78, 5) is 21.9. The largest absolute Gasteiger partial charge is 0.497 e. The van der Waals surface area contributed by atoms with Crippen LogP contribution in [0.15, 0.2) is 72.0 Å². The van der Waals surface area contributed by atoms with Crippen LogP contribution in [0.4, 0.5) is 5.69 Å². The minimum atomic E-state index is -0.137.